The Hall–Kier alpha value is -2.17. The highest BCUT2D eigenvalue weighted by Crippen LogP contribution is 2.29. The number of piperidine rings is 1. The number of hydrogen-bond acceptors (Lipinski definition) is 3. The van der Waals surface area contributed by atoms with E-state index in [9.17, 15) is 4.79 Å². The molecule has 146 valence electrons. The summed E-state index contributed by atoms with van der Waals surface area (Å²) in [6.45, 7) is 10.8. The topological polar surface area (TPSA) is 51.0 Å². The normalized spacial score (nSPS) is 17.9. The fourth-order valence-corrected chi connectivity index (χ4v) is 3.96. The largest absolute Gasteiger partial charge is 0.342 e. The molecule has 3 heterocycles. The Morgan fingerprint density at radius 1 is 1.26 bits per heavy atom. The first-order valence-electron chi connectivity index (χ1n) is 10.2. The number of rotatable bonds is 5. The van der Waals surface area contributed by atoms with Crippen molar-refractivity contribution in [2.45, 2.75) is 59.9 Å². The number of hydrogen-bond donors (Lipinski definition) is 0. The SMILES string of the molecule is CCCn1nccc1-c1ncccc1C[C@@H]1CCCN(C(=O)C(C)(C)C)C1. The van der Waals surface area contributed by atoms with Gasteiger partial charge in [-0.25, -0.2) is 0 Å². The van der Waals surface area contributed by atoms with E-state index in [0.29, 0.717) is 5.92 Å². The summed E-state index contributed by atoms with van der Waals surface area (Å²) in [6, 6.07) is 6.24. The zero-order valence-corrected chi connectivity index (χ0v) is 17.1. The van der Waals surface area contributed by atoms with Crippen molar-refractivity contribution in [3.63, 3.8) is 0 Å². The minimum absolute atomic E-state index is 0.264. The molecule has 1 aliphatic heterocycles. The van der Waals surface area contributed by atoms with Crippen LogP contribution in [0.3, 0.4) is 0 Å². The molecule has 0 bridgehead atoms. The summed E-state index contributed by atoms with van der Waals surface area (Å²) >= 11 is 0. The molecule has 0 radical (unpaired) electrons. The Kier molecular flexibility index (Phi) is 5.98. The molecule has 0 unspecified atom stereocenters. The lowest BCUT2D eigenvalue weighted by molar-refractivity contribution is -0.141. The van der Waals surface area contributed by atoms with Gasteiger partial charge in [-0.1, -0.05) is 33.8 Å². The average Bonchev–Trinajstić information content (AvgIpc) is 3.09. The van der Waals surface area contributed by atoms with Crippen LogP contribution in [-0.2, 0) is 17.8 Å². The van der Waals surface area contributed by atoms with Crippen LogP contribution in [0.4, 0.5) is 0 Å². The van der Waals surface area contributed by atoms with Gasteiger partial charge in [0.25, 0.3) is 0 Å². The van der Waals surface area contributed by atoms with Gasteiger partial charge in [-0.05, 0) is 49.3 Å². The highest BCUT2D eigenvalue weighted by atomic mass is 16.2. The third kappa shape index (κ3) is 4.57. The second-order valence-corrected chi connectivity index (χ2v) is 8.66. The Bertz CT molecular complexity index is 775. The fraction of sp³-hybridized carbons (Fsp3) is 0.591. The molecule has 0 N–H and O–H groups in total. The number of likely N-dealkylation sites (tertiary alicyclic amines) is 1. The first-order valence-corrected chi connectivity index (χ1v) is 10.2. The molecule has 1 aliphatic rings. The molecular formula is C22H32N4O. The van der Waals surface area contributed by atoms with E-state index in [2.05, 4.69) is 34.0 Å². The highest BCUT2D eigenvalue weighted by molar-refractivity contribution is 5.81. The molecule has 1 atom stereocenters. The van der Waals surface area contributed by atoms with Gasteiger partial charge >= 0.3 is 0 Å². The molecule has 27 heavy (non-hydrogen) atoms. The summed E-state index contributed by atoms with van der Waals surface area (Å²) in [7, 11) is 0. The maximum absolute atomic E-state index is 12.7. The summed E-state index contributed by atoms with van der Waals surface area (Å²) in [5, 5.41) is 4.46. The Morgan fingerprint density at radius 3 is 2.81 bits per heavy atom. The van der Waals surface area contributed by atoms with Gasteiger partial charge in [-0.3, -0.25) is 14.5 Å². The maximum Gasteiger partial charge on any atom is 0.227 e. The molecule has 0 aliphatic carbocycles. The number of pyridine rings is 1. The molecule has 5 heteroatoms. The third-order valence-corrected chi connectivity index (χ3v) is 5.24. The van der Waals surface area contributed by atoms with E-state index >= 15 is 0 Å². The van der Waals surface area contributed by atoms with Crippen LogP contribution in [0, 0.1) is 11.3 Å². The Morgan fingerprint density at radius 2 is 2.07 bits per heavy atom. The van der Waals surface area contributed by atoms with Crippen molar-refractivity contribution in [3.8, 4) is 11.4 Å². The van der Waals surface area contributed by atoms with Gasteiger partial charge in [0.2, 0.25) is 5.91 Å². The van der Waals surface area contributed by atoms with Crippen LogP contribution >= 0.6 is 0 Å². The molecule has 1 fully saturated rings. The molecule has 3 rings (SSSR count). The van der Waals surface area contributed by atoms with E-state index in [1.807, 2.05) is 43.9 Å². The van der Waals surface area contributed by atoms with Crippen molar-refractivity contribution in [1.29, 1.82) is 0 Å². The number of nitrogens with zero attached hydrogens (tertiary/aromatic N) is 4. The second kappa shape index (κ2) is 8.24. The van der Waals surface area contributed by atoms with Crippen LogP contribution in [0.5, 0.6) is 0 Å². The van der Waals surface area contributed by atoms with Gasteiger partial charge < -0.3 is 4.90 Å². The van der Waals surface area contributed by atoms with Gasteiger partial charge in [0, 0.05) is 37.4 Å². The van der Waals surface area contributed by atoms with Crippen molar-refractivity contribution in [2.75, 3.05) is 13.1 Å². The number of aromatic nitrogens is 3. The fourth-order valence-electron chi connectivity index (χ4n) is 3.96. The van der Waals surface area contributed by atoms with E-state index in [1.54, 1.807) is 0 Å². The lowest BCUT2D eigenvalue weighted by atomic mass is 9.88. The van der Waals surface area contributed by atoms with Gasteiger partial charge in [0.1, 0.15) is 0 Å². The second-order valence-electron chi connectivity index (χ2n) is 8.66. The number of amides is 1. The zero-order chi connectivity index (χ0) is 19.4. The molecule has 2 aromatic heterocycles. The van der Waals surface area contributed by atoms with Crippen LogP contribution in [0.2, 0.25) is 0 Å². The van der Waals surface area contributed by atoms with Gasteiger partial charge in [-0.2, -0.15) is 5.10 Å². The average molecular weight is 369 g/mol. The lowest BCUT2D eigenvalue weighted by Crippen LogP contribution is -2.45. The Balaban J connectivity index is 1.78. The minimum Gasteiger partial charge on any atom is -0.342 e. The van der Waals surface area contributed by atoms with E-state index < -0.39 is 0 Å². The summed E-state index contributed by atoms with van der Waals surface area (Å²) in [5.41, 5.74) is 3.06. The van der Waals surface area contributed by atoms with Crippen molar-refractivity contribution < 1.29 is 4.79 Å². The van der Waals surface area contributed by atoms with Crippen LogP contribution in [0.1, 0.15) is 52.5 Å². The van der Waals surface area contributed by atoms with Gasteiger partial charge in [0.05, 0.1) is 11.4 Å². The monoisotopic (exact) mass is 368 g/mol. The van der Waals surface area contributed by atoms with Crippen LogP contribution < -0.4 is 0 Å². The predicted molar refractivity (Wildman–Crippen MR) is 108 cm³/mol. The van der Waals surface area contributed by atoms with Crippen LogP contribution in [0.25, 0.3) is 11.4 Å². The summed E-state index contributed by atoms with van der Waals surface area (Å²) < 4.78 is 2.04. The molecule has 0 spiro atoms. The van der Waals surface area contributed by atoms with Gasteiger partial charge in [-0.15, -0.1) is 0 Å². The summed E-state index contributed by atoms with van der Waals surface area (Å²) in [4.78, 5) is 19.4. The lowest BCUT2D eigenvalue weighted by Gasteiger charge is -2.36. The Labute approximate surface area is 162 Å². The van der Waals surface area contributed by atoms with Crippen molar-refractivity contribution in [2.24, 2.45) is 11.3 Å². The van der Waals surface area contributed by atoms with Crippen molar-refractivity contribution in [3.05, 3.63) is 36.2 Å². The predicted octanol–water partition coefficient (Wildman–Crippen LogP) is 4.18. The quantitative estimate of drug-likeness (QED) is 0.795. The first kappa shape index (κ1) is 19.6. The third-order valence-electron chi connectivity index (χ3n) is 5.24. The molecule has 0 saturated carbocycles. The smallest absolute Gasteiger partial charge is 0.227 e. The number of carbonyl (C=O) groups excluding carboxylic acids is 1. The molecule has 1 saturated heterocycles. The molecule has 1 amide bonds. The van der Waals surface area contributed by atoms with Crippen molar-refractivity contribution >= 4 is 5.91 Å². The summed E-state index contributed by atoms with van der Waals surface area (Å²) in [5.74, 6) is 0.746. The molecule has 2 aromatic rings. The van der Waals surface area contributed by atoms with Gasteiger partial charge in [0.15, 0.2) is 0 Å². The zero-order valence-electron chi connectivity index (χ0n) is 17.1. The molecule has 0 aromatic carbocycles. The van der Waals surface area contributed by atoms with Crippen molar-refractivity contribution in [1.82, 2.24) is 19.7 Å². The number of carbonyl (C=O) groups is 1. The number of aryl methyl sites for hydroxylation is 1. The molecular weight excluding hydrogens is 336 g/mol. The van der Waals surface area contributed by atoms with Crippen LogP contribution in [-0.4, -0.2) is 38.7 Å². The first-order chi connectivity index (χ1) is 12.9. The van der Waals surface area contributed by atoms with E-state index in [1.165, 1.54) is 5.56 Å². The van der Waals surface area contributed by atoms with E-state index in [4.69, 9.17) is 0 Å². The molecule has 5 nitrogen and oxygen atoms in total. The van der Waals surface area contributed by atoms with E-state index in [-0.39, 0.29) is 11.3 Å². The standard InChI is InChI=1S/C22H32N4O/c1-5-13-26-19(10-12-24-26)20-18(9-6-11-23-20)15-17-8-7-14-25(16-17)21(27)22(2,3)4/h6,9-12,17H,5,7-8,13-16H2,1-4H3/t17-/m0/s1. The maximum atomic E-state index is 12.7. The highest BCUT2D eigenvalue weighted by Gasteiger charge is 2.31. The van der Waals surface area contributed by atoms with Crippen LogP contribution in [0.15, 0.2) is 30.6 Å². The summed E-state index contributed by atoms with van der Waals surface area (Å²) in [6.07, 6.45) is 7.95. The van der Waals surface area contributed by atoms with E-state index in [0.717, 1.165) is 56.7 Å². The minimum atomic E-state index is -0.312.